The third-order valence-corrected chi connectivity index (χ3v) is 7.65. The van der Waals surface area contributed by atoms with Crippen LogP contribution in [0.25, 0.3) is 0 Å². The number of nitrogens with two attached hydrogens (primary N) is 3. The third kappa shape index (κ3) is 9.08. The molecule has 6 rings (SSSR count). The number of hydrogen-bond acceptors (Lipinski definition) is 9. The summed E-state index contributed by atoms with van der Waals surface area (Å²) in [6.07, 6.45) is 0. The van der Waals surface area contributed by atoms with Crippen LogP contribution in [-0.2, 0) is 0 Å². The fraction of sp³-hybridized carbons (Fsp3) is 0. The predicted molar refractivity (Wildman–Crippen MR) is 195 cm³/mol. The lowest BCUT2D eigenvalue weighted by Crippen LogP contribution is -2.36. The second-order valence-electron chi connectivity index (χ2n) is 10.4. The summed E-state index contributed by atoms with van der Waals surface area (Å²) >= 11 is 18.8. The van der Waals surface area contributed by atoms with Crippen molar-refractivity contribution in [3.05, 3.63) is 142 Å². The number of hydrogen-bond donors (Lipinski definition) is 3. The van der Waals surface area contributed by atoms with Gasteiger partial charge < -0.3 is 45.4 Å². The smallest absolute Gasteiger partial charge is 0.490 e. The van der Waals surface area contributed by atoms with Gasteiger partial charge in [0.1, 0.15) is 51.7 Å². The Morgan fingerprint density at radius 2 is 0.592 bits per heavy atom. The Balaban J connectivity index is 1.18. The van der Waals surface area contributed by atoms with Gasteiger partial charge in [-0.1, -0.05) is 34.8 Å². The molecule has 0 saturated heterocycles. The van der Waals surface area contributed by atoms with E-state index in [0.29, 0.717) is 83.9 Å². The average molecular weight is 715 g/mol. The first-order chi connectivity index (χ1) is 23.7. The van der Waals surface area contributed by atoms with E-state index in [1.165, 1.54) is 0 Å². The molecule has 6 aromatic rings. The Hall–Kier alpha value is -5.55. The van der Waals surface area contributed by atoms with Gasteiger partial charge in [-0.3, -0.25) is 0 Å². The molecule has 0 amide bonds. The molecule has 246 valence electrons. The number of ether oxygens (including phenoxy) is 3. The molecule has 6 aromatic carbocycles. The summed E-state index contributed by atoms with van der Waals surface area (Å²) in [5, 5.41) is 1.28. The van der Waals surface area contributed by atoms with Crippen LogP contribution >= 0.6 is 34.8 Å². The maximum Gasteiger partial charge on any atom is 0.864 e. The summed E-state index contributed by atoms with van der Waals surface area (Å²) in [7, 11) is -1.22. The van der Waals surface area contributed by atoms with Crippen molar-refractivity contribution in [1.29, 1.82) is 0 Å². The summed E-state index contributed by atoms with van der Waals surface area (Å²) in [5.41, 5.74) is 19.2. The number of anilines is 3. The van der Waals surface area contributed by atoms with E-state index in [1.807, 2.05) is 0 Å². The van der Waals surface area contributed by atoms with E-state index in [1.54, 1.807) is 127 Å². The van der Waals surface area contributed by atoms with Gasteiger partial charge >= 0.3 is 7.32 Å². The number of halogens is 3. The summed E-state index contributed by atoms with van der Waals surface area (Å²) in [4.78, 5) is 0. The molecule has 6 N–H and O–H groups in total. The molecule has 0 atom stereocenters. The average Bonchev–Trinajstić information content (AvgIpc) is 3.09. The van der Waals surface area contributed by atoms with Gasteiger partial charge in [-0.2, -0.15) is 0 Å². The van der Waals surface area contributed by atoms with Gasteiger partial charge in [0.15, 0.2) is 0 Å². The molecular formula is C36H27BCl3N3O6. The zero-order chi connectivity index (χ0) is 34.3. The Morgan fingerprint density at radius 1 is 0.347 bits per heavy atom. The normalized spacial score (nSPS) is 10.6. The molecule has 0 fully saturated rings. The minimum Gasteiger partial charge on any atom is -0.490 e. The van der Waals surface area contributed by atoms with Crippen molar-refractivity contribution in [3.63, 3.8) is 0 Å². The molecule has 13 heteroatoms. The molecule has 0 aromatic heterocycles. The van der Waals surface area contributed by atoms with Crippen molar-refractivity contribution in [1.82, 2.24) is 0 Å². The van der Waals surface area contributed by atoms with Gasteiger partial charge in [0.05, 0.1) is 15.1 Å². The Bertz CT molecular complexity index is 1820. The van der Waals surface area contributed by atoms with Crippen molar-refractivity contribution in [2.45, 2.75) is 0 Å². The highest BCUT2D eigenvalue weighted by molar-refractivity contribution is 6.39. The lowest BCUT2D eigenvalue weighted by Gasteiger charge is -2.17. The molecular weight excluding hydrogens is 688 g/mol. The Morgan fingerprint density at radius 3 is 0.857 bits per heavy atom. The fourth-order valence-electron chi connectivity index (χ4n) is 4.34. The lowest BCUT2D eigenvalue weighted by molar-refractivity contribution is 0.306. The lowest BCUT2D eigenvalue weighted by atomic mass is 10.2. The molecule has 0 radical (unpaired) electrons. The highest BCUT2D eigenvalue weighted by Crippen LogP contribution is 2.35. The fourth-order valence-corrected chi connectivity index (χ4v) is 4.81. The second kappa shape index (κ2) is 15.1. The predicted octanol–water partition coefficient (Wildman–Crippen LogP) is 10.3. The van der Waals surface area contributed by atoms with E-state index in [-0.39, 0.29) is 0 Å². The monoisotopic (exact) mass is 713 g/mol. The van der Waals surface area contributed by atoms with Crippen LogP contribution in [0.4, 0.5) is 17.1 Å². The van der Waals surface area contributed by atoms with E-state index in [0.717, 1.165) is 0 Å². The summed E-state index contributed by atoms with van der Waals surface area (Å²) < 4.78 is 36.0. The van der Waals surface area contributed by atoms with E-state index in [2.05, 4.69) is 0 Å². The maximum atomic E-state index is 6.25. The standard InChI is InChI=1S/C36H27BCl3N3O6/c38-31-16-1-22(41)19-34(31)44-25-4-10-28(11-5-25)47-37(48-29-12-6-26(7-13-29)45-35-20-23(42)2-17-32(35)39)49-30-14-8-27(9-15-30)46-36-21-24(43)3-18-33(36)40/h1-21H,41-43H2. The minimum atomic E-state index is -1.22. The highest BCUT2D eigenvalue weighted by Gasteiger charge is 2.30. The van der Waals surface area contributed by atoms with Crippen molar-refractivity contribution in [3.8, 4) is 51.7 Å². The summed E-state index contributed by atoms with van der Waals surface area (Å²) in [6, 6.07) is 35.5. The largest absolute Gasteiger partial charge is 0.864 e. The number of nitrogen functional groups attached to an aromatic ring is 3. The first-order valence-electron chi connectivity index (χ1n) is 14.7. The molecule has 49 heavy (non-hydrogen) atoms. The Kier molecular flexibility index (Phi) is 10.3. The SMILES string of the molecule is Nc1ccc(Cl)c(Oc2ccc(OB(Oc3ccc(Oc4cc(N)ccc4Cl)cc3)Oc3ccc(Oc4cc(N)ccc4Cl)cc3)cc2)c1. The molecule has 0 heterocycles. The molecule has 0 aliphatic heterocycles. The van der Waals surface area contributed by atoms with Gasteiger partial charge in [0.25, 0.3) is 0 Å². The van der Waals surface area contributed by atoms with Crippen LogP contribution in [0.5, 0.6) is 51.7 Å². The Labute approximate surface area is 297 Å². The van der Waals surface area contributed by atoms with E-state index in [4.69, 9.17) is 80.2 Å². The van der Waals surface area contributed by atoms with E-state index in [9.17, 15) is 0 Å². The van der Waals surface area contributed by atoms with Gasteiger partial charge in [0, 0.05) is 35.3 Å². The first-order valence-corrected chi connectivity index (χ1v) is 15.8. The van der Waals surface area contributed by atoms with Crippen molar-refractivity contribution >= 4 is 59.2 Å². The van der Waals surface area contributed by atoms with Gasteiger partial charge in [-0.05, 0) is 109 Å². The van der Waals surface area contributed by atoms with E-state index >= 15 is 0 Å². The molecule has 0 aliphatic carbocycles. The summed E-state index contributed by atoms with van der Waals surface area (Å²) in [6.45, 7) is 0. The van der Waals surface area contributed by atoms with E-state index < -0.39 is 7.32 Å². The van der Waals surface area contributed by atoms with Crippen molar-refractivity contribution in [2.75, 3.05) is 17.2 Å². The van der Waals surface area contributed by atoms with Crippen LogP contribution in [0.2, 0.25) is 15.1 Å². The third-order valence-electron chi connectivity index (χ3n) is 6.72. The molecule has 0 saturated carbocycles. The van der Waals surface area contributed by atoms with Gasteiger partial charge in [-0.15, -0.1) is 0 Å². The zero-order valence-corrected chi connectivity index (χ0v) is 27.8. The van der Waals surface area contributed by atoms with Crippen LogP contribution in [-0.4, -0.2) is 7.32 Å². The highest BCUT2D eigenvalue weighted by atomic mass is 35.5. The van der Waals surface area contributed by atoms with Crippen molar-refractivity contribution in [2.24, 2.45) is 0 Å². The molecule has 0 unspecified atom stereocenters. The van der Waals surface area contributed by atoms with Crippen LogP contribution < -0.4 is 45.4 Å². The van der Waals surface area contributed by atoms with Crippen LogP contribution in [0.3, 0.4) is 0 Å². The van der Waals surface area contributed by atoms with Crippen LogP contribution in [0.15, 0.2) is 127 Å². The van der Waals surface area contributed by atoms with Crippen LogP contribution in [0.1, 0.15) is 0 Å². The molecule has 0 aliphatic rings. The van der Waals surface area contributed by atoms with Gasteiger partial charge in [0.2, 0.25) is 0 Å². The quantitative estimate of drug-likeness (QED) is 0.0836. The molecule has 9 nitrogen and oxygen atoms in total. The molecule has 0 bridgehead atoms. The topological polar surface area (TPSA) is 133 Å². The van der Waals surface area contributed by atoms with Crippen molar-refractivity contribution < 1.29 is 28.2 Å². The van der Waals surface area contributed by atoms with Gasteiger partial charge in [-0.25, -0.2) is 0 Å². The number of rotatable bonds is 12. The summed E-state index contributed by atoms with van der Waals surface area (Å²) in [5.74, 6) is 4.14. The minimum absolute atomic E-state index is 0.427. The first kappa shape index (κ1) is 33.4. The number of benzene rings is 6. The molecule has 0 spiro atoms. The zero-order valence-electron chi connectivity index (χ0n) is 25.5. The maximum absolute atomic E-state index is 6.25. The van der Waals surface area contributed by atoms with Crippen LogP contribution in [0, 0.1) is 0 Å². The second-order valence-corrected chi connectivity index (χ2v) is 11.7.